The van der Waals surface area contributed by atoms with E-state index in [0.717, 1.165) is 0 Å². The minimum Gasteiger partial charge on any atom is -0.438 e. The Balaban J connectivity index is 1.64. The fraction of sp³-hybridized carbons (Fsp3) is 0.0952. The third-order valence-corrected chi connectivity index (χ3v) is 6.03. The SMILES string of the molecule is CNS(=O)(=O)c1ccc(CNC(=O)c2ccc(Oc3ccccc3C#N)nc2)c(Cl)c1. The molecule has 0 unspecified atom stereocenters. The van der Waals surface area contributed by atoms with E-state index in [1.807, 2.05) is 6.07 Å². The van der Waals surface area contributed by atoms with Gasteiger partial charge in [0.1, 0.15) is 11.8 Å². The van der Waals surface area contributed by atoms with E-state index in [4.69, 9.17) is 21.6 Å². The van der Waals surface area contributed by atoms with Crippen molar-refractivity contribution < 1.29 is 17.9 Å². The van der Waals surface area contributed by atoms with E-state index < -0.39 is 10.0 Å². The number of amides is 1. The number of ether oxygens (including phenoxy) is 1. The number of hydrogen-bond acceptors (Lipinski definition) is 6. The molecule has 0 bridgehead atoms. The van der Waals surface area contributed by atoms with Crippen LogP contribution in [0.3, 0.4) is 0 Å². The number of nitrogens with one attached hydrogen (secondary N) is 2. The molecule has 0 aliphatic carbocycles. The molecule has 2 N–H and O–H groups in total. The molecule has 0 atom stereocenters. The lowest BCUT2D eigenvalue weighted by atomic mass is 10.2. The number of halogens is 1. The smallest absolute Gasteiger partial charge is 0.253 e. The van der Waals surface area contributed by atoms with Crippen molar-refractivity contribution in [1.82, 2.24) is 15.0 Å². The van der Waals surface area contributed by atoms with Crippen LogP contribution in [-0.4, -0.2) is 26.4 Å². The Morgan fingerprint density at radius 1 is 1.19 bits per heavy atom. The number of carbonyl (C=O) groups excluding carboxylic acids is 1. The van der Waals surface area contributed by atoms with E-state index in [2.05, 4.69) is 15.0 Å². The Labute approximate surface area is 184 Å². The molecule has 31 heavy (non-hydrogen) atoms. The zero-order valence-corrected chi connectivity index (χ0v) is 17.9. The summed E-state index contributed by atoms with van der Waals surface area (Å²) in [6.45, 7) is 0.103. The summed E-state index contributed by atoms with van der Waals surface area (Å²) in [5.74, 6) is 0.219. The number of carbonyl (C=O) groups is 1. The summed E-state index contributed by atoms with van der Waals surface area (Å²) in [6.07, 6.45) is 1.35. The van der Waals surface area contributed by atoms with Gasteiger partial charge in [-0.25, -0.2) is 18.1 Å². The number of aromatic nitrogens is 1. The zero-order valence-electron chi connectivity index (χ0n) is 16.3. The molecule has 0 saturated heterocycles. The fourth-order valence-electron chi connectivity index (χ4n) is 2.57. The van der Waals surface area contributed by atoms with Crippen LogP contribution >= 0.6 is 11.6 Å². The van der Waals surface area contributed by atoms with Crippen LogP contribution in [-0.2, 0) is 16.6 Å². The number of sulfonamides is 1. The summed E-state index contributed by atoms with van der Waals surface area (Å²) in [5, 5.41) is 12.0. The van der Waals surface area contributed by atoms with Gasteiger partial charge in [-0.3, -0.25) is 4.79 Å². The molecule has 0 radical (unpaired) electrons. The molecule has 0 fully saturated rings. The molecule has 3 rings (SSSR count). The molecule has 0 saturated carbocycles. The lowest BCUT2D eigenvalue weighted by molar-refractivity contribution is 0.0950. The summed E-state index contributed by atoms with van der Waals surface area (Å²) in [5.41, 5.74) is 1.23. The van der Waals surface area contributed by atoms with Crippen molar-refractivity contribution >= 4 is 27.5 Å². The van der Waals surface area contributed by atoms with Gasteiger partial charge in [0.25, 0.3) is 5.91 Å². The second kappa shape index (κ2) is 9.57. The van der Waals surface area contributed by atoms with Crippen molar-refractivity contribution in [1.29, 1.82) is 5.26 Å². The number of nitrogens with zero attached hydrogens (tertiary/aromatic N) is 2. The highest BCUT2D eigenvalue weighted by Gasteiger charge is 2.14. The van der Waals surface area contributed by atoms with Crippen LogP contribution in [0.2, 0.25) is 5.02 Å². The van der Waals surface area contributed by atoms with Gasteiger partial charge in [-0.15, -0.1) is 0 Å². The van der Waals surface area contributed by atoms with Crippen molar-refractivity contribution in [3.05, 3.63) is 82.5 Å². The Kier molecular flexibility index (Phi) is 6.87. The van der Waals surface area contributed by atoms with Gasteiger partial charge in [0.2, 0.25) is 15.9 Å². The average molecular weight is 457 g/mol. The maximum Gasteiger partial charge on any atom is 0.253 e. The molecule has 1 aromatic heterocycles. The molecule has 10 heteroatoms. The lowest BCUT2D eigenvalue weighted by Gasteiger charge is -2.10. The predicted octanol–water partition coefficient (Wildman–Crippen LogP) is 3.24. The van der Waals surface area contributed by atoms with E-state index in [1.165, 1.54) is 43.6 Å². The zero-order chi connectivity index (χ0) is 22.4. The fourth-order valence-corrected chi connectivity index (χ4v) is 3.64. The third-order valence-electron chi connectivity index (χ3n) is 4.26. The van der Waals surface area contributed by atoms with Gasteiger partial charge in [0.15, 0.2) is 0 Å². The first-order chi connectivity index (χ1) is 14.8. The standard InChI is InChI=1S/C21H17ClN4O4S/c1-24-31(28,29)17-8-6-15(18(22)10-17)12-26-21(27)16-7-9-20(25-13-16)30-19-5-3-2-4-14(19)11-23/h2-10,13,24H,12H2,1H3,(H,26,27). The Morgan fingerprint density at radius 3 is 2.61 bits per heavy atom. The van der Waals surface area contributed by atoms with Gasteiger partial charge in [-0.1, -0.05) is 29.8 Å². The molecule has 0 aliphatic rings. The average Bonchev–Trinajstić information content (AvgIpc) is 2.78. The number of benzene rings is 2. The Morgan fingerprint density at radius 2 is 1.97 bits per heavy atom. The van der Waals surface area contributed by atoms with Gasteiger partial charge >= 0.3 is 0 Å². The number of pyridine rings is 1. The summed E-state index contributed by atoms with van der Waals surface area (Å²) < 4.78 is 31.4. The first kappa shape index (κ1) is 22.2. The molecule has 0 aliphatic heterocycles. The van der Waals surface area contributed by atoms with Crippen molar-refractivity contribution in [2.24, 2.45) is 0 Å². The van der Waals surface area contributed by atoms with Crippen LogP contribution in [0.5, 0.6) is 11.6 Å². The predicted molar refractivity (Wildman–Crippen MR) is 114 cm³/mol. The van der Waals surface area contributed by atoms with Crippen molar-refractivity contribution in [3.63, 3.8) is 0 Å². The summed E-state index contributed by atoms with van der Waals surface area (Å²) in [6, 6.07) is 16.1. The van der Waals surface area contributed by atoms with Gasteiger partial charge < -0.3 is 10.1 Å². The number of nitriles is 1. The maximum absolute atomic E-state index is 12.4. The molecular formula is C21H17ClN4O4S. The van der Waals surface area contributed by atoms with Gasteiger partial charge in [-0.2, -0.15) is 5.26 Å². The quantitative estimate of drug-likeness (QED) is 0.563. The largest absolute Gasteiger partial charge is 0.438 e. The number of para-hydroxylation sites is 1. The summed E-state index contributed by atoms with van der Waals surface area (Å²) >= 11 is 6.15. The van der Waals surface area contributed by atoms with Crippen LogP contribution in [0, 0.1) is 11.3 Å². The van der Waals surface area contributed by atoms with Crippen LogP contribution in [0.4, 0.5) is 0 Å². The minimum absolute atomic E-state index is 0.0350. The Hall–Kier alpha value is -3.45. The van der Waals surface area contributed by atoms with Crippen LogP contribution in [0.25, 0.3) is 0 Å². The molecular weight excluding hydrogens is 440 g/mol. The number of rotatable bonds is 7. The first-order valence-electron chi connectivity index (χ1n) is 8.97. The monoisotopic (exact) mass is 456 g/mol. The molecule has 3 aromatic rings. The summed E-state index contributed by atoms with van der Waals surface area (Å²) in [7, 11) is -2.29. The van der Waals surface area contributed by atoms with Gasteiger partial charge in [0.05, 0.1) is 16.0 Å². The highest BCUT2D eigenvalue weighted by molar-refractivity contribution is 7.89. The Bertz CT molecular complexity index is 1260. The van der Waals surface area contributed by atoms with Crippen molar-refractivity contribution in [2.45, 2.75) is 11.4 Å². The second-order valence-corrected chi connectivity index (χ2v) is 8.53. The minimum atomic E-state index is -3.60. The van der Waals surface area contributed by atoms with Gasteiger partial charge in [0, 0.05) is 23.8 Å². The van der Waals surface area contributed by atoms with Crippen LogP contribution < -0.4 is 14.8 Å². The molecule has 1 amide bonds. The molecule has 0 spiro atoms. The molecule has 8 nitrogen and oxygen atoms in total. The van der Waals surface area contributed by atoms with E-state index >= 15 is 0 Å². The van der Waals surface area contributed by atoms with Crippen LogP contribution in [0.1, 0.15) is 21.5 Å². The maximum atomic E-state index is 12.4. The highest BCUT2D eigenvalue weighted by Crippen LogP contribution is 2.23. The van der Waals surface area contributed by atoms with Crippen LogP contribution in [0.15, 0.2) is 65.7 Å². The number of hydrogen-bond donors (Lipinski definition) is 2. The van der Waals surface area contributed by atoms with Gasteiger partial charge in [-0.05, 0) is 42.9 Å². The van der Waals surface area contributed by atoms with Crippen molar-refractivity contribution in [2.75, 3.05) is 7.05 Å². The van der Waals surface area contributed by atoms with E-state index in [0.29, 0.717) is 22.4 Å². The van der Waals surface area contributed by atoms with E-state index in [9.17, 15) is 13.2 Å². The lowest BCUT2D eigenvalue weighted by Crippen LogP contribution is -2.23. The highest BCUT2D eigenvalue weighted by atomic mass is 35.5. The first-order valence-corrected chi connectivity index (χ1v) is 10.8. The molecule has 1 heterocycles. The second-order valence-electron chi connectivity index (χ2n) is 6.24. The third kappa shape index (κ3) is 5.38. The summed E-state index contributed by atoms with van der Waals surface area (Å²) in [4.78, 5) is 16.5. The van der Waals surface area contributed by atoms with E-state index in [-0.39, 0.29) is 28.3 Å². The topological polar surface area (TPSA) is 121 Å². The normalized spacial score (nSPS) is 10.9. The molecule has 158 valence electrons. The van der Waals surface area contributed by atoms with Crippen molar-refractivity contribution in [3.8, 4) is 17.7 Å². The van der Waals surface area contributed by atoms with E-state index in [1.54, 1.807) is 24.3 Å². The molecule has 2 aromatic carbocycles.